The molecule has 0 bridgehead atoms. The maximum absolute atomic E-state index is 5.49. The average molecular weight is 416 g/mol. The molecule has 1 saturated heterocycles. The molecular weight excluding hydrogens is 382 g/mol. The first-order chi connectivity index (χ1) is 14.6. The number of benzene rings is 1. The zero-order valence-corrected chi connectivity index (χ0v) is 18.3. The van der Waals surface area contributed by atoms with E-state index in [0.29, 0.717) is 24.3 Å². The number of guanidine groups is 1. The number of aromatic amines is 1. The fourth-order valence-corrected chi connectivity index (χ4v) is 3.53. The summed E-state index contributed by atoms with van der Waals surface area (Å²) < 4.78 is 10.7. The zero-order valence-electron chi connectivity index (χ0n) is 18.3. The lowest BCUT2D eigenvalue weighted by molar-refractivity contribution is 0.00752. The Bertz CT molecular complexity index is 798. The number of H-pyrrole nitrogens is 1. The van der Waals surface area contributed by atoms with Crippen molar-refractivity contribution in [1.29, 1.82) is 0 Å². The van der Waals surface area contributed by atoms with Gasteiger partial charge in [-0.3, -0.25) is 15.0 Å². The van der Waals surface area contributed by atoms with Crippen LogP contribution in [0.4, 0.5) is 0 Å². The predicted octanol–water partition coefficient (Wildman–Crippen LogP) is 1.50. The van der Waals surface area contributed by atoms with Crippen LogP contribution < -0.4 is 15.4 Å². The summed E-state index contributed by atoms with van der Waals surface area (Å²) in [5.74, 6) is 3.50. The standard InChI is InChI=1S/C21H33N7O2/c1-15(2)18(28-9-11-30-12-10-28)13-23-21(22-3)24-14-19-25-20(27-26-19)16-5-7-17(29-4)8-6-16/h5-8,15,18H,9-14H2,1-4H3,(H2,22,23,24)(H,25,26,27). The molecule has 1 atom stereocenters. The van der Waals surface area contributed by atoms with Crippen molar-refractivity contribution >= 4 is 5.96 Å². The Balaban J connectivity index is 1.51. The van der Waals surface area contributed by atoms with Crippen molar-refractivity contribution in [1.82, 2.24) is 30.7 Å². The first-order valence-electron chi connectivity index (χ1n) is 10.4. The predicted molar refractivity (Wildman–Crippen MR) is 118 cm³/mol. The fourth-order valence-electron chi connectivity index (χ4n) is 3.53. The third-order valence-electron chi connectivity index (χ3n) is 5.29. The molecule has 2 heterocycles. The molecular formula is C21H33N7O2. The van der Waals surface area contributed by atoms with Gasteiger partial charge < -0.3 is 20.1 Å². The summed E-state index contributed by atoms with van der Waals surface area (Å²) >= 11 is 0. The molecule has 9 nitrogen and oxygen atoms in total. The number of hydrogen-bond acceptors (Lipinski definition) is 6. The number of ether oxygens (including phenoxy) is 2. The van der Waals surface area contributed by atoms with E-state index in [9.17, 15) is 0 Å². The molecule has 9 heteroatoms. The third-order valence-corrected chi connectivity index (χ3v) is 5.29. The van der Waals surface area contributed by atoms with Crippen LogP contribution in [-0.4, -0.2) is 79.1 Å². The highest BCUT2D eigenvalue weighted by atomic mass is 16.5. The zero-order chi connectivity index (χ0) is 21.3. The number of methoxy groups -OCH3 is 1. The van der Waals surface area contributed by atoms with Gasteiger partial charge in [0.2, 0.25) is 0 Å². The van der Waals surface area contributed by atoms with Crippen molar-refractivity contribution in [2.45, 2.75) is 26.4 Å². The lowest BCUT2D eigenvalue weighted by Gasteiger charge is -2.37. The molecule has 1 aromatic heterocycles. The highest BCUT2D eigenvalue weighted by molar-refractivity contribution is 5.79. The lowest BCUT2D eigenvalue weighted by Crippen LogP contribution is -2.52. The van der Waals surface area contributed by atoms with Crippen LogP contribution in [0.3, 0.4) is 0 Å². The average Bonchev–Trinajstić information content (AvgIpc) is 3.25. The van der Waals surface area contributed by atoms with Gasteiger partial charge in [0, 0.05) is 38.3 Å². The van der Waals surface area contributed by atoms with Crippen LogP contribution in [0.25, 0.3) is 11.4 Å². The van der Waals surface area contributed by atoms with Gasteiger partial charge in [0.25, 0.3) is 0 Å². The number of hydrogen-bond donors (Lipinski definition) is 3. The Labute approximate surface area is 178 Å². The molecule has 3 rings (SSSR count). The molecule has 0 saturated carbocycles. The van der Waals surface area contributed by atoms with E-state index >= 15 is 0 Å². The molecule has 1 aliphatic heterocycles. The quantitative estimate of drug-likeness (QED) is 0.444. The summed E-state index contributed by atoms with van der Waals surface area (Å²) in [6.07, 6.45) is 0. The molecule has 1 fully saturated rings. The Morgan fingerprint density at radius 1 is 1.23 bits per heavy atom. The van der Waals surface area contributed by atoms with Gasteiger partial charge >= 0.3 is 0 Å². The molecule has 0 aliphatic carbocycles. The van der Waals surface area contributed by atoms with E-state index in [4.69, 9.17) is 9.47 Å². The van der Waals surface area contributed by atoms with E-state index < -0.39 is 0 Å². The second-order valence-corrected chi connectivity index (χ2v) is 7.60. The van der Waals surface area contributed by atoms with Gasteiger partial charge in [-0.1, -0.05) is 13.8 Å². The Hall–Kier alpha value is -2.65. The summed E-state index contributed by atoms with van der Waals surface area (Å²) in [5.41, 5.74) is 0.936. The molecule has 0 spiro atoms. The van der Waals surface area contributed by atoms with Crippen molar-refractivity contribution in [3.8, 4) is 17.1 Å². The van der Waals surface area contributed by atoms with Crippen molar-refractivity contribution < 1.29 is 9.47 Å². The summed E-state index contributed by atoms with van der Waals surface area (Å²) in [6, 6.07) is 8.11. The summed E-state index contributed by atoms with van der Waals surface area (Å²) in [5, 5.41) is 14.1. The number of aliphatic imine (C=N–C) groups is 1. The van der Waals surface area contributed by atoms with Gasteiger partial charge in [-0.15, -0.1) is 0 Å². The van der Waals surface area contributed by atoms with Crippen LogP contribution in [0.5, 0.6) is 5.75 Å². The van der Waals surface area contributed by atoms with Crippen molar-refractivity contribution in [2.24, 2.45) is 10.9 Å². The number of aromatic nitrogens is 3. The molecule has 1 aliphatic rings. The molecule has 1 aromatic carbocycles. The second-order valence-electron chi connectivity index (χ2n) is 7.60. The van der Waals surface area contributed by atoms with Gasteiger partial charge in [0.05, 0.1) is 26.9 Å². The van der Waals surface area contributed by atoms with E-state index in [1.54, 1.807) is 14.2 Å². The summed E-state index contributed by atoms with van der Waals surface area (Å²) in [7, 11) is 3.43. The van der Waals surface area contributed by atoms with Crippen molar-refractivity contribution in [3.63, 3.8) is 0 Å². The molecule has 0 amide bonds. The minimum Gasteiger partial charge on any atom is -0.497 e. The largest absolute Gasteiger partial charge is 0.497 e. The fraction of sp³-hybridized carbons (Fsp3) is 0.571. The summed E-state index contributed by atoms with van der Waals surface area (Å²) in [4.78, 5) is 11.4. The molecule has 3 N–H and O–H groups in total. The molecule has 164 valence electrons. The van der Waals surface area contributed by atoms with Crippen LogP contribution in [0.15, 0.2) is 29.3 Å². The maximum atomic E-state index is 5.49. The van der Waals surface area contributed by atoms with E-state index in [1.807, 2.05) is 24.3 Å². The topological polar surface area (TPSA) is 99.7 Å². The molecule has 1 unspecified atom stereocenters. The van der Waals surface area contributed by atoms with E-state index in [-0.39, 0.29) is 0 Å². The van der Waals surface area contributed by atoms with Gasteiger partial charge in [-0.25, -0.2) is 4.98 Å². The lowest BCUT2D eigenvalue weighted by atomic mass is 10.0. The van der Waals surface area contributed by atoms with Gasteiger partial charge in [0.15, 0.2) is 11.8 Å². The smallest absolute Gasteiger partial charge is 0.191 e. The van der Waals surface area contributed by atoms with Crippen LogP contribution in [0, 0.1) is 5.92 Å². The Morgan fingerprint density at radius 3 is 2.60 bits per heavy atom. The summed E-state index contributed by atoms with van der Waals surface area (Å²) in [6.45, 7) is 9.40. The number of morpholine rings is 1. The number of nitrogens with one attached hydrogen (secondary N) is 3. The van der Waals surface area contributed by atoms with E-state index in [2.05, 4.69) is 49.6 Å². The molecule has 2 aromatic rings. The van der Waals surface area contributed by atoms with Crippen molar-refractivity contribution in [3.05, 3.63) is 30.1 Å². The van der Waals surface area contributed by atoms with Gasteiger partial charge in [0.1, 0.15) is 11.6 Å². The van der Waals surface area contributed by atoms with Crippen LogP contribution in [0.2, 0.25) is 0 Å². The van der Waals surface area contributed by atoms with Crippen LogP contribution >= 0.6 is 0 Å². The maximum Gasteiger partial charge on any atom is 0.191 e. The van der Waals surface area contributed by atoms with Crippen LogP contribution in [0.1, 0.15) is 19.7 Å². The first-order valence-corrected chi connectivity index (χ1v) is 10.4. The Morgan fingerprint density at radius 2 is 1.97 bits per heavy atom. The van der Waals surface area contributed by atoms with Gasteiger partial charge in [-0.05, 0) is 30.2 Å². The normalized spacial score (nSPS) is 16.5. The SMILES string of the molecule is CN=C(NCc1nc(-c2ccc(OC)cc2)n[nH]1)NCC(C(C)C)N1CCOCC1. The van der Waals surface area contributed by atoms with Crippen LogP contribution in [-0.2, 0) is 11.3 Å². The van der Waals surface area contributed by atoms with E-state index in [0.717, 1.165) is 55.9 Å². The van der Waals surface area contributed by atoms with Crippen molar-refractivity contribution in [2.75, 3.05) is 47.0 Å². The molecule has 30 heavy (non-hydrogen) atoms. The highest BCUT2D eigenvalue weighted by Crippen LogP contribution is 2.18. The number of rotatable bonds is 8. The van der Waals surface area contributed by atoms with E-state index in [1.165, 1.54) is 0 Å². The highest BCUT2D eigenvalue weighted by Gasteiger charge is 2.23. The third kappa shape index (κ3) is 5.93. The number of nitrogens with zero attached hydrogens (tertiary/aromatic N) is 4. The second kappa shape index (κ2) is 10.9. The minimum atomic E-state index is 0.430. The molecule has 0 radical (unpaired) electrons. The van der Waals surface area contributed by atoms with Gasteiger partial charge in [-0.2, -0.15) is 5.10 Å². The first kappa shape index (κ1) is 22.0. The minimum absolute atomic E-state index is 0.430. The monoisotopic (exact) mass is 415 g/mol. The Kier molecular flexibility index (Phi) is 8.04.